The minimum atomic E-state index is -0.231. The van der Waals surface area contributed by atoms with Gasteiger partial charge in [-0.15, -0.1) is 0 Å². The lowest BCUT2D eigenvalue weighted by Gasteiger charge is -2.02. The monoisotopic (exact) mass is 193 g/mol. The third kappa shape index (κ3) is 8.07. The summed E-state index contributed by atoms with van der Waals surface area (Å²) in [6.07, 6.45) is 0.763. The van der Waals surface area contributed by atoms with Gasteiger partial charge in [-0.1, -0.05) is 31.6 Å². The van der Waals surface area contributed by atoms with E-state index in [1.807, 2.05) is 20.8 Å². The van der Waals surface area contributed by atoms with Crippen LogP contribution in [0, 0.1) is 6.61 Å². The molecule has 0 aliphatic carbocycles. The summed E-state index contributed by atoms with van der Waals surface area (Å²) in [5.74, 6) is 0. The van der Waals surface area contributed by atoms with Crippen molar-refractivity contribution in [1.29, 1.82) is 0 Å². The Labute approximate surface area is 75.9 Å². The van der Waals surface area contributed by atoms with E-state index in [1.54, 1.807) is 0 Å². The average Bonchev–Trinajstić information content (AvgIpc) is 1.97. The highest BCUT2D eigenvalue weighted by Crippen LogP contribution is 2.28. The Morgan fingerprint density at radius 2 is 2.27 bits per heavy atom. The molecule has 0 unspecified atom stereocenters. The average molecular weight is 193 g/mol. The molecule has 0 rings (SSSR count). The lowest BCUT2D eigenvalue weighted by molar-refractivity contribution is 0.199. The molecule has 0 fully saturated rings. The molecule has 0 aromatic rings. The van der Waals surface area contributed by atoms with Gasteiger partial charge in [-0.25, -0.2) is 4.79 Å². The van der Waals surface area contributed by atoms with Gasteiger partial charge < -0.3 is 4.74 Å². The number of ether oxygens (including phenoxy) is 1. The molecule has 65 valence electrons. The van der Waals surface area contributed by atoms with Crippen LogP contribution in [0.15, 0.2) is 0 Å². The van der Waals surface area contributed by atoms with E-state index in [1.165, 1.54) is 17.4 Å². The molecule has 0 atom stereocenters. The fourth-order valence-corrected chi connectivity index (χ4v) is 1.62. The maximum absolute atomic E-state index is 10.8. The summed E-state index contributed by atoms with van der Waals surface area (Å²) < 4.78 is 4.72. The van der Waals surface area contributed by atoms with Crippen LogP contribution in [0.2, 0.25) is 0 Å². The topological polar surface area (TPSA) is 26.3 Å². The van der Waals surface area contributed by atoms with Crippen molar-refractivity contribution in [2.75, 3.05) is 0 Å². The van der Waals surface area contributed by atoms with Crippen molar-refractivity contribution in [2.45, 2.75) is 32.4 Å². The number of rotatable bonds is 4. The van der Waals surface area contributed by atoms with Gasteiger partial charge in [-0.2, -0.15) is 0 Å². The van der Waals surface area contributed by atoms with E-state index >= 15 is 0 Å². The maximum Gasteiger partial charge on any atom is 0.378 e. The van der Waals surface area contributed by atoms with E-state index in [-0.39, 0.29) is 5.30 Å². The van der Waals surface area contributed by atoms with Crippen molar-refractivity contribution in [3.63, 3.8) is 0 Å². The van der Waals surface area contributed by atoms with Crippen molar-refractivity contribution in [2.24, 2.45) is 0 Å². The van der Waals surface area contributed by atoms with Crippen LogP contribution in [0.3, 0.4) is 0 Å². The molecule has 0 saturated heterocycles. The number of carbonyl (C=O) groups is 1. The molecule has 0 aliphatic heterocycles. The van der Waals surface area contributed by atoms with Gasteiger partial charge in [0.15, 0.2) is 0 Å². The number of carbonyl (C=O) groups excluding carboxylic acids is 1. The SMILES string of the molecule is CC[CH]OC(=O)SSC(C)C. The van der Waals surface area contributed by atoms with Gasteiger partial charge in [0, 0.05) is 16.0 Å². The van der Waals surface area contributed by atoms with Crippen molar-refractivity contribution in [3.05, 3.63) is 6.61 Å². The minimum Gasteiger partial charge on any atom is -0.450 e. The second-order valence-electron chi connectivity index (χ2n) is 2.17. The Balaban J connectivity index is 3.23. The summed E-state index contributed by atoms with van der Waals surface area (Å²) >= 11 is 0. The summed E-state index contributed by atoms with van der Waals surface area (Å²) in [5, 5.41) is 0.222. The smallest absolute Gasteiger partial charge is 0.378 e. The van der Waals surface area contributed by atoms with E-state index in [2.05, 4.69) is 0 Å². The van der Waals surface area contributed by atoms with E-state index in [4.69, 9.17) is 4.74 Å². The van der Waals surface area contributed by atoms with E-state index in [9.17, 15) is 4.79 Å². The molecule has 0 amide bonds. The van der Waals surface area contributed by atoms with Crippen LogP contribution >= 0.6 is 21.6 Å². The van der Waals surface area contributed by atoms with Crippen molar-refractivity contribution in [1.82, 2.24) is 0 Å². The highest BCUT2D eigenvalue weighted by Gasteiger charge is 2.05. The van der Waals surface area contributed by atoms with Crippen molar-refractivity contribution >= 4 is 26.9 Å². The minimum absolute atomic E-state index is 0.231. The van der Waals surface area contributed by atoms with E-state index in [0.29, 0.717) is 5.25 Å². The summed E-state index contributed by atoms with van der Waals surface area (Å²) in [7, 11) is 2.66. The molecule has 0 bridgehead atoms. The molecule has 2 nitrogen and oxygen atoms in total. The van der Waals surface area contributed by atoms with Gasteiger partial charge in [-0.05, 0) is 6.42 Å². The van der Waals surface area contributed by atoms with Crippen LogP contribution < -0.4 is 0 Å². The van der Waals surface area contributed by atoms with E-state index < -0.39 is 0 Å². The Kier molecular flexibility index (Phi) is 6.96. The van der Waals surface area contributed by atoms with Crippen LogP contribution in [0.25, 0.3) is 0 Å². The molecule has 0 saturated carbocycles. The Hall–Kier alpha value is 0.170. The van der Waals surface area contributed by atoms with Crippen LogP contribution in [0.1, 0.15) is 27.2 Å². The molecular formula is C7H13O2S2. The lowest BCUT2D eigenvalue weighted by atomic mass is 10.5. The maximum atomic E-state index is 10.8. The summed E-state index contributed by atoms with van der Waals surface area (Å²) in [5.41, 5.74) is 0. The normalized spacial score (nSPS) is 10.2. The highest BCUT2D eigenvalue weighted by molar-refractivity contribution is 8.82. The van der Waals surface area contributed by atoms with Crippen molar-refractivity contribution in [3.8, 4) is 0 Å². The quantitative estimate of drug-likeness (QED) is 0.504. The first-order valence-corrected chi connectivity index (χ1v) is 5.73. The number of hydrogen-bond donors (Lipinski definition) is 0. The van der Waals surface area contributed by atoms with Gasteiger partial charge in [0.05, 0.1) is 0 Å². The zero-order valence-corrected chi connectivity index (χ0v) is 8.63. The number of hydrogen-bond acceptors (Lipinski definition) is 4. The molecule has 0 aromatic carbocycles. The zero-order valence-electron chi connectivity index (χ0n) is 6.99. The molecule has 1 radical (unpaired) electrons. The lowest BCUT2D eigenvalue weighted by Crippen LogP contribution is -1.93. The van der Waals surface area contributed by atoms with Gasteiger partial charge >= 0.3 is 5.30 Å². The second kappa shape index (κ2) is 6.85. The second-order valence-corrected chi connectivity index (χ2v) is 4.88. The fourth-order valence-electron chi connectivity index (χ4n) is 0.307. The molecular weight excluding hydrogens is 180 g/mol. The third-order valence-electron chi connectivity index (χ3n) is 0.655. The molecule has 0 aliphatic rings. The Morgan fingerprint density at radius 3 is 2.73 bits per heavy atom. The highest BCUT2D eigenvalue weighted by atomic mass is 33.1. The summed E-state index contributed by atoms with van der Waals surface area (Å²) in [4.78, 5) is 10.8. The molecule has 4 heteroatoms. The van der Waals surface area contributed by atoms with Crippen molar-refractivity contribution < 1.29 is 9.53 Å². The van der Waals surface area contributed by atoms with E-state index in [0.717, 1.165) is 17.2 Å². The standard InChI is InChI=1S/C7H13O2S2/c1-4-5-9-7(8)11-10-6(2)3/h5-6H,4H2,1-3H3. The Bertz CT molecular complexity index is 115. The fraction of sp³-hybridized carbons (Fsp3) is 0.714. The summed E-state index contributed by atoms with van der Waals surface area (Å²) in [6, 6.07) is 0. The van der Waals surface area contributed by atoms with Crippen LogP contribution in [0.4, 0.5) is 4.79 Å². The third-order valence-corrected chi connectivity index (χ3v) is 3.22. The Morgan fingerprint density at radius 1 is 1.64 bits per heavy atom. The first-order chi connectivity index (χ1) is 5.16. The van der Waals surface area contributed by atoms with Crippen LogP contribution in [-0.4, -0.2) is 10.6 Å². The predicted molar refractivity (Wildman–Crippen MR) is 51.4 cm³/mol. The predicted octanol–water partition coefficient (Wildman–Crippen LogP) is 3.48. The largest absolute Gasteiger partial charge is 0.450 e. The van der Waals surface area contributed by atoms with Crippen LogP contribution in [-0.2, 0) is 4.74 Å². The summed E-state index contributed by atoms with van der Waals surface area (Å²) in [6.45, 7) is 7.51. The van der Waals surface area contributed by atoms with Gasteiger partial charge in [0.25, 0.3) is 0 Å². The first kappa shape index (κ1) is 11.2. The zero-order chi connectivity index (χ0) is 8.69. The molecule has 0 N–H and O–H groups in total. The van der Waals surface area contributed by atoms with Crippen LogP contribution in [0.5, 0.6) is 0 Å². The van der Waals surface area contributed by atoms with Gasteiger partial charge in [0.1, 0.15) is 6.61 Å². The van der Waals surface area contributed by atoms with Gasteiger partial charge in [-0.3, -0.25) is 0 Å². The molecule has 0 spiro atoms. The molecule has 0 heterocycles. The molecule has 11 heavy (non-hydrogen) atoms. The van der Waals surface area contributed by atoms with Gasteiger partial charge in [0.2, 0.25) is 0 Å². The first-order valence-electron chi connectivity index (χ1n) is 3.52. The molecule has 0 aromatic heterocycles.